The molecule has 22 heavy (non-hydrogen) atoms. The fourth-order valence-corrected chi connectivity index (χ4v) is 4.15. The molecule has 0 saturated carbocycles. The number of likely N-dealkylation sites (tertiary alicyclic amines) is 1. The molecule has 0 spiro atoms. The zero-order valence-corrected chi connectivity index (χ0v) is 13.8. The van der Waals surface area contributed by atoms with Gasteiger partial charge in [0.05, 0.1) is 16.5 Å². The Labute approximate surface area is 132 Å². The molecule has 2 amide bonds. The molecule has 2 aromatic heterocycles. The number of aryl methyl sites for hydroxylation is 2. The largest absolute Gasteiger partial charge is 0.369 e. The second-order valence-electron chi connectivity index (χ2n) is 6.02. The van der Waals surface area contributed by atoms with E-state index in [1.807, 2.05) is 27.0 Å². The Balaban J connectivity index is 1.90. The fraction of sp³-hybridized carbons (Fsp3) is 0.533. The number of primary amides is 1. The van der Waals surface area contributed by atoms with Crippen molar-refractivity contribution < 1.29 is 9.59 Å². The molecule has 6 nitrogen and oxygen atoms in total. The SMILES string of the molecule is Cc1nn(C)c2sc(C(=O)N3CC(C(N)=O)CCC3C)cc12. The first kappa shape index (κ1) is 15.0. The number of nitrogens with two attached hydrogens (primary N) is 1. The minimum Gasteiger partial charge on any atom is -0.369 e. The van der Waals surface area contributed by atoms with E-state index in [0.29, 0.717) is 11.4 Å². The molecule has 0 aliphatic carbocycles. The van der Waals surface area contributed by atoms with Crippen molar-refractivity contribution in [3.63, 3.8) is 0 Å². The van der Waals surface area contributed by atoms with Crippen molar-refractivity contribution in [2.45, 2.75) is 32.7 Å². The number of nitrogens with zero attached hydrogens (tertiary/aromatic N) is 3. The van der Waals surface area contributed by atoms with Crippen LogP contribution in [0.1, 0.15) is 35.1 Å². The number of carbonyl (C=O) groups excluding carboxylic acids is 2. The lowest BCUT2D eigenvalue weighted by Crippen LogP contribution is -2.48. The lowest BCUT2D eigenvalue weighted by Gasteiger charge is -2.36. The molecule has 0 bridgehead atoms. The smallest absolute Gasteiger partial charge is 0.264 e. The minimum absolute atomic E-state index is 0.0148. The number of thiophene rings is 1. The highest BCUT2D eigenvalue weighted by molar-refractivity contribution is 7.20. The van der Waals surface area contributed by atoms with Crippen LogP contribution in [0.5, 0.6) is 0 Å². The van der Waals surface area contributed by atoms with Gasteiger partial charge in [-0.2, -0.15) is 5.10 Å². The summed E-state index contributed by atoms with van der Waals surface area (Å²) in [5.74, 6) is -0.571. The topological polar surface area (TPSA) is 81.2 Å². The standard InChI is InChI=1S/C15H20N4O2S/c1-8-4-5-10(13(16)20)7-19(8)14(21)12-6-11-9(2)17-18(3)15(11)22-12/h6,8,10H,4-5,7H2,1-3H3,(H2,16,20). The van der Waals surface area contributed by atoms with Gasteiger partial charge in [-0.15, -0.1) is 11.3 Å². The molecule has 118 valence electrons. The molecule has 7 heteroatoms. The van der Waals surface area contributed by atoms with Crippen molar-refractivity contribution in [2.24, 2.45) is 18.7 Å². The van der Waals surface area contributed by atoms with Crippen molar-refractivity contribution in [1.29, 1.82) is 0 Å². The van der Waals surface area contributed by atoms with Gasteiger partial charge in [-0.25, -0.2) is 0 Å². The predicted molar refractivity (Wildman–Crippen MR) is 85.7 cm³/mol. The number of rotatable bonds is 2. The summed E-state index contributed by atoms with van der Waals surface area (Å²) >= 11 is 1.45. The van der Waals surface area contributed by atoms with Crippen LogP contribution in [0, 0.1) is 12.8 Å². The first-order chi connectivity index (χ1) is 10.4. The van der Waals surface area contributed by atoms with E-state index in [2.05, 4.69) is 5.10 Å². The Morgan fingerprint density at radius 1 is 1.41 bits per heavy atom. The average Bonchev–Trinajstić information content (AvgIpc) is 3.01. The second-order valence-corrected chi connectivity index (χ2v) is 7.05. The van der Waals surface area contributed by atoms with Gasteiger partial charge < -0.3 is 10.6 Å². The van der Waals surface area contributed by atoms with E-state index >= 15 is 0 Å². The quantitative estimate of drug-likeness (QED) is 0.914. The molecule has 1 fully saturated rings. The zero-order valence-electron chi connectivity index (χ0n) is 13.0. The van der Waals surface area contributed by atoms with E-state index in [9.17, 15) is 9.59 Å². The Kier molecular flexibility index (Phi) is 3.68. The number of hydrogen-bond acceptors (Lipinski definition) is 4. The summed E-state index contributed by atoms with van der Waals surface area (Å²) in [6.45, 7) is 4.38. The first-order valence-corrected chi connectivity index (χ1v) is 8.23. The van der Waals surface area contributed by atoms with Crippen molar-refractivity contribution in [1.82, 2.24) is 14.7 Å². The monoisotopic (exact) mass is 320 g/mol. The van der Waals surface area contributed by atoms with Crippen molar-refractivity contribution >= 4 is 33.4 Å². The molecule has 3 rings (SSSR count). The molecule has 2 atom stereocenters. The summed E-state index contributed by atoms with van der Waals surface area (Å²) in [5, 5.41) is 5.37. The Morgan fingerprint density at radius 3 is 2.77 bits per heavy atom. The second kappa shape index (κ2) is 5.39. The van der Waals surface area contributed by atoms with Gasteiger partial charge in [0.1, 0.15) is 4.83 Å². The number of fused-ring (bicyclic) bond motifs is 1. The van der Waals surface area contributed by atoms with Crippen LogP contribution in [0.15, 0.2) is 6.07 Å². The highest BCUT2D eigenvalue weighted by Crippen LogP contribution is 2.31. The number of aromatic nitrogens is 2. The average molecular weight is 320 g/mol. The molecular formula is C15H20N4O2S. The van der Waals surface area contributed by atoms with Crippen LogP contribution in [-0.4, -0.2) is 39.1 Å². The molecule has 0 radical (unpaired) electrons. The van der Waals surface area contributed by atoms with Crippen LogP contribution in [-0.2, 0) is 11.8 Å². The summed E-state index contributed by atoms with van der Waals surface area (Å²) in [6.07, 6.45) is 1.57. The maximum Gasteiger partial charge on any atom is 0.264 e. The summed E-state index contributed by atoms with van der Waals surface area (Å²) in [6, 6.07) is 2.04. The first-order valence-electron chi connectivity index (χ1n) is 7.42. The molecular weight excluding hydrogens is 300 g/mol. The van der Waals surface area contributed by atoms with Gasteiger partial charge in [0.2, 0.25) is 5.91 Å². The molecule has 0 aromatic carbocycles. The zero-order chi connectivity index (χ0) is 16.0. The van der Waals surface area contributed by atoms with Crippen molar-refractivity contribution in [3.05, 3.63) is 16.6 Å². The fourth-order valence-electron chi connectivity index (χ4n) is 3.07. The van der Waals surface area contributed by atoms with Crippen molar-refractivity contribution in [2.75, 3.05) is 6.54 Å². The summed E-state index contributed by atoms with van der Waals surface area (Å²) < 4.78 is 1.80. The van der Waals surface area contributed by atoms with E-state index < -0.39 is 0 Å². The maximum atomic E-state index is 12.8. The van der Waals surface area contributed by atoms with E-state index in [0.717, 1.165) is 28.8 Å². The van der Waals surface area contributed by atoms with E-state index in [-0.39, 0.29) is 23.8 Å². The van der Waals surface area contributed by atoms with Crippen molar-refractivity contribution in [3.8, 4) is 0 Å². The molecule has 1 aliphatic heterocycles. The van der Waals surface area contributed by atoms with E-state index in [4.69, 9.17) is 5.73 Å². The normalized spacial score (nSPS) is 22.2. The maximum absolute atomic E-state index is 12.8. The third kappa shape index (κ3) is 2.39. The third-order valence-corrected chi connectivity index (χ3v) is 5.64. The highest BCUT2D eigenvalue weighted by atomic mass is 32.1. The van der Waals surface area contributed by atoms with Crippen LogP contribution >= 0.6 is 11.3 Å². The summed E-state index contributed by atoms with van der Waals surface area (Å²) in [7, 11) is 1.88. The van der Waals surface area contributed by atoms with Gasteiger partial charge in [0.25, 0.3) is 5.91 Å². The Morgan fingerprint density at radius 2 is 2.14 bits per heavy atom. The van der Waals surface area contributed by atoms with E-state index in [1.165, 1.54) is 11.3 Å². The van der Waals surface area contributed by atoms with Gasteiger partial charge in [0.15, 0.2) is 0 Å². The molecule has 2 aromatic rings. The van der Waals surface area contributed by atoms with Crippen LogP contribution in [0.2, 0.25) is 0 Å². The summed E-state index contributed by atoms with van der Waals surface area (Å²) in [4.78, 5) is 27.7. The minimum atomic E-state index is -0.318. The predicted octanol–water partition coefficient (Wildman–Crippen LogP) is 1.67. The molecule has 2 N–H and O–H groups in total. The van der Waals surface area contributed by atoms with Crippen LogP contribution in [0.25, 0.3) is 10.2 Å². The van der Waals surface area contributed by atoms with Crippen LogP contribution in [0.3, 0.4) is 0 Å². The Bertz CT molecular complexity index is 714. The molecule has 2 unspecified atom stereocenters. The van der Waals surface area contributed by atoms with Gasteiger partial charge >= 0.3 is 0 Å². The lowest BCUT2D eigenvalue weighted by molar-refractivity contribution is -0.123. The third-order valence-electron chi connectivity index (χ3n) is 4.45. The highest BCUT2D eigenvalue weighted by Gasteiger charge is 2.33. The van der Waals surface area contributed by atoms with E-state index in [1.54, 1.807) is 9.58 Å². The Hall–Kier alpha value is -1.89. The molecule has 1 aliphatic rings. The number of amides is 2. The van der Waals surface area contributed by atoms with Crippen LogP contribution < -0.4 is 5.73 Å². The van der Waals surface area contributed by atoms with Gasteiger partial charge in [-0.1, -0.05) is 0 Å². The van der Waals surface area contributed by atoms with Gasteiger partial charge in [-0.05, 0) is 32.8 Å². The summed E-state index contributed by atoms with van der Waals surface area (Å²) in [5.41, 5.74) is 6.34. The number of hydrogen-bond donors (Lipinski definition) is 1. The van der Waals surface area contributed by atoms with Gasteiger partial charge in [0, 0.05) is 25.0 Å². The lowest BCUT2D eigenvalue weighted by atomic mass is 9.93. The van der Waals surface area contributed by atoms with Gasteiger partial charge in [-0.3, -0.25) is 14.3 Å². The molecule has 1 saturated heterocycles. The number of piperidine rings is 1. The van der Waals surface area contributed by atoms with Crippen LogP contribution in [0.4, 0.5) is 0 Å². The number of carbonyl (C=O) groups is 2. The molecule has 3 heterocycles.